The molecule has 13 heavy (non-hydrogen) atoms. The molecule has 0 bridgehead atoms. The molecule has 0 radical (unpaired) electrons. The van der Waals surface area contributed by atoms with Crippen LogP contribution in [0.2, 0.25) is 0 Å². The minimum Gasteiger partial charge on any atom is -0.298 e. The van der Waals surface area contributed by atoms with Gasteiger partial charge in [-0.2, -0.15) is 0 Å². The van der Waals surface area contributed by atoms with E-state index in [0.29, 0.717) is 0 Å². The summed E-state index contributed by atoms with van der Waals surface area (Å²) >= 11 is 0. The van der Waals surface area contributed by atoms with Crippen molar-refractivity contribution in [1.29, 1.82) is 0 Å². The molecular formula is C12H27N. The van der Waals surface area contributed by atoms with Crippen molar-refractivity contribution in [2.45, 2.75) is 72.4 Å². The van der Waals surface area contributed by atoms with Gasteiger partial charge in [0.15, 0.2) is 0 Å². The van der Waals surface area contributed by atoms with E-state index in [1.807, 2.05) is 13.8 Å². The summed E-state index contributed by atoms with van der Waals surface area (Å²) in [6, 6.07) is 1.63. The first-order valence-electron chi connectivity index (χ1n) is 6.01. The van der Waals surface area contributed by atoms with Gasteiger partial charge in [0, 0.05) is 12.1 Å². The standard InChI is InChI=1S/C10H21N.C2H6/c1-4-10-7-5-6-8-11(10)9(2)3;1-2/h9-10H,4-8H2,1-3H3;1-2H3. The lowest BCUT2D eigenvalue weighted by atomic mass is 9.98. The van der Waals surface area contributed by atoms with E-state index >= 15 is 0 Å². The van der Waals surface area contributed by atoms with Gasteiger partial charge in [-0.1, -0.05) is 27.2 Å². The van der Waals surface area contributed by atoms with Gasteiger partial charge in [-0.3, -0.25) is 4.90 Å². The minimum absolute atomic E-state index is 0.750. The maximum atomic E-state index is 2.66. The molecule has 1 unspecified atom stereocenters. The van der Waals surface area contributed by atoms with Crippen LogP contribution in [0.5, 0.6) is 0 Å². The van der Waals surface area contributed by atoms with Crippen molar-refractivity contribution in [2.24, 2.45) is 0 Å². The van der Waals surface area contributed by atoms with Gasteiger partial charge in [-0.15, -0.1) is 0 Å². The third kappa shape index (κ3) is 4.12. The van der Waals surface area contributed by atoms with E-state index in [0.717, 1.165) is 12.1 Å². The molecule has 1 aliphatic rings. The van der Waals surface area contributed by atoms with Crippen LogP contribution in [0.1, 0.15) is 60.3 Å². The van der Waals surface area contributed by atoms with E-state index in [1.165, 1.54) is 32.2 Å². The van der Waals surface area contributed by atoms with Gasteiger partial charge >= 0.3 is 0 Å². The highest BCUT2D eigenvalue weighted by molar-refractivity contribution is 4.77. The lowest BCUT2D eigenvalue weighted by molar-refractivity contribution is 0.109. The maximum Gasteiger partial charge on any atom is 0.00953 e. The van der Waals surface area contributed by atoms with Gasteiger partial charge in [0.2, 0.25) is 0 Å². The van der Waals surface area contributed by atoms with Crippen molar-refractivity contribution in [3.63, 3.8) is 0 Å². The monoisotopic (exact) mass is 185 g/mol. The zero-order valence-electron chi connectivity index (χ0n) is 10.1. The first kappa shape index (κ1) is 13.0. The Morgan fingerprint density at radius 2 is 1.85 bits per heavy atom. The van der Waals surface area contributed by atoms with Crippen molar-refractivity contribution in [3.05, 3.63) is 0 Å². The third-order valence-corrected chi connectivity index (χ3v) is 2.81. The van der Waals surface area contributed by atoms with E-state index in [-0.39, 0.29) is 0 Å². The smallest absolute Gasteiger partial charge is 0.00953 e. The molecule has 0 aliphatic carbocycles. The second kappa shape index (κ2) is 7.37. The average molecular weight is 185 g/mol. The van der Waals surface area contributed by atoms with Crippen molar-refractivity contribution in [1.82, 2.24) is 4.90 Å². The number of nitrogens with zero attached hydrogens (tertiary/aromatic N) is 1. The first-order valence-corrected chi connectivity index (χ1v) is 6.01. The quantitative estimate of drug-likeness (QED) is 0.634. The van der Waals surface area contributed by atoms with Gasteiger partial charge < -0.3 is 0 Å². The second-order valence-corrected chi connectivity index (χ2v) is 3.89. The predicted octanol–water partition coefficient (Wildman–Crippen LogP) is 3.69. The molecule has 0 amide bonds. The molecule has 80 valence electrons. The van der Waals surface area contributed by atoms with Gasteiger partial charge in [-0.05, 0) is 39.7 Å². The summed E-state index contributed by atoms with van der Waals surface area (Å²) in [6.07, 6.45) is 5.61. The van der Waals surface area contributed by atoms with Crippen LogP contribution >= 0.6 is 0 Å². The summed E-state index contributed by atoms with van der Waals surface area (Å²) in [4.78, 5) is 2.66. The molecule has 0 aromatic carbocycles. The van der Waals surface area contributed by atoms with Gasteiger partial charge in [-0.25, -0.2) is 0 Å². The number of piperidine rings is 1. The molecule has 0 N–H and O–H groups in total. The molecule has 1 nitrogen and oxygen atoms in total. The second-order valence-electron chi connectivity index (χ2n) is 3.89. The number of hydrogen-bond donors (Lipinski definition) is 0. The Labute approximate surface area is 84.5 Å². The van der Waals surface area contributed by atoms with E-state index in [9.17, 15) is 0 Å². The minimum atomic E-state index is 0.750. The summed E-state index contributed by atoms with van der Waals surface area (Å²) in [5.41, 5.74) is 0. The number of rotatable bonds is 2. The molecule has 1 saturated heterocycles. The number of hydrogen-bond acceptors (Lipinski definition) is 1. The molecule has 1 heteroatoms. The molecule has 0 aromatic heterocycles. The molecule has 1 fully saturated rings. The highest BCUT2D eigenvalue weighted by Crippen LogP contribution is 2.21. The van der Waals surface area contributed by atoms with Crippen LogP contribution in [0.3, 0.4) is 0 Å². The fourth-order valence-corrected chi connectivity index (χ4v) is 2.14. The van der Waals surface area contributed by atoms with Crippen LogP contribution in [-0.4, -0.2) is 23.5 Å². The molecule has 0 spiro atoms. The Balaban J connectivity index is 0.000000671. The summed E-state index contributed by atoms with van der Waals surface area (Å²) < 4.78 is 0. The summed E-state index contributed by atoms with van der Waals surface area (Å²) in [7, 11) is 0. The van der Waals surface area contributed by atoms with Gasteiger partial charge in [0.1, 0.15) is 0 Å². The molecule has 0 saturated carbocycles. The lowest BCUT2D eigenvalue weighted by Gasteiger charge is -2.38. The van der Waals surface area contributed by atoms with Crippen LogP contribution < -0.4 is 0 Å². The molecule has 1 rings (SSSR count). The van der Waals surface area contributed by atoms with Crippen LogP contribution in [0.15, 0.2) is 0 Å². The Kier molecular flexibility index (Phi) is 7.35. The molecule has 1 atom stereocenters. The number of likely N-dealkylation sites (tertiary alicyclic amines) is 1. The van der Waals surface area contributed by atoms with Crippen LogP contribution in [0, 0.1) is 0 Å². The average Bonchev–Trinajstić information content (AvgIpc) is 2.20. The fourth-order valence-electron chi connectivity index (χ4n) is 2.14. The summed E-state index contributed by atoms with van der Waals surface area (Å²) in [5.74, 6) is 0. The molecule has 0 aromatic rings. The van der Waals surface area contributed by atoms with E-state index in [2.05, 4.69) is 25.7 Å². The van der Waals surface area contributed by atoms with Crippen molar-refractivity contribution >= 4 is 0 Å². The van der Waals surface area contributed by atoms with Gasteiger partial charge in [0.05, 0.1) is 0 Å². The molecule has 1 heterocycles. The lowest BCUT2D eigenvalue weighted by Crippen LogP contribution is -2.43. The Hall–Kier alpha value is -0.0400. The molecular weight excluding hydrogens is 158 g/mol. The van der Waals surface area contributed by atoms with Crippen molar-refractivity contribution < 1.29 is 0 Å². The Morgan fingerprint density at radius 1 is 1.23 bits per heavy atom. The zero-order chi connectivity index (χ0) is 10.3. The normalized spacial score (nSPS) is 24.0. The van der Waals surface area contributed by atoms with E-state index < -0.39 is 0 Å². The van der Waals surface area contributed by atoms with E-state index in [1.54, 1.807) is 0 Å². The predicted molar refractivity (Wildman–Crippen MR) is 61.1 cm³/mol. The van der Waals surface area contributed by atoms with Crippen LogP contribution in [-0.2, 0) is 0 Å². The maximum absolute atomic E-state index is 2.66. The fraction of sp³-hybridized carbons (Fsp3) is 1.00. The molecule has 1 aliphatic heterocycles. The third-order valence-electron chi connectivity index (χ3n) is 2.81. The zero-order valence-corrected chi connectivity index (χ0v) is 10.1. The van der Waals surface area contributed by atoms with Crippen LogP contribution in [0.4, 0.5) is 0 Å². The van der Waals surface area contributed by atoms with Crippen molar-refractivity contribution in [2.75, 3.05) is 6.54 Å². The van der Waals surface area contributed by atoms with E-state index in [4.69, 9.17) is 0 Å². The Bertz CT molecular complexity index is 110. The van der Waals surface area contributed by atoms with Crippen LogP contribution in [0.25, 0.3) is 0 Å². The SMILES string of the molecule is CC.CCC1CCCCN1C(C)C. The summed E-state index contributed by atoms with van der Waals surface area (Å²) in [6.45, 7) is 12.3. The highest BCUT2D eigenvalue weighted by atomic mass is 15.2. The largest absolute Gasteiger partial charge is 0.298 e. The Morgan fingerprint density at radius 3 is 2.23 bits per heavy atom. The topological polar surface area (TPSA) is 3.24 Å². The first-order chi connectivity index (χ1) is 6.25. The van der Waals surface area contributed by atoms with Crippen molar-refractivity contribution in [3.8, 4) is 0 Å². The van der Waals surface area contributed by atoms with Gasteiger partial charge in [0.25, 0.3) is 0 Å². The highest BCUT2D eigenvalue weighted by Gasteiger charge is 2.22. The summed E-state index contributed by atoms with van der Waals surface area (Å²) in [5, 5.41) is 0.